The first-order valence-electron chi connectivity index (χ1n) is 5.81. The minimum atomic E-state index is 0.774. The van der Waals surface area contributed by atoms with Crippen LogP contribution in [0.3, 0.4) is 0 Å². The molecule has 0 amide bonds. The van der Waals surface area contributed by atoms with Crippen molar-refractivity contribution in [3.05, 3.63) is 53.1 Å². The average Bonchev–Trinajstić information content (AvgIpc) is 2.39. The van der Waals surface area contributed by atoms with Crippen LogP contribution >= 0.6 is 11.6 Å². The van der Waals surface area contributed by atoms with Crippen LogP contribution in [0.15, 0.2) is 42.5 Å². The highest BCUT2D eigenvalue weighted by molar-refractivity contribution is 6.30. The van der Waals surface area contributed by atoms with Crippen LogP contribution in [0, 0.1) is 0 Å². The molecule has 0 unspecified atom stereocenters. The Morgan fingerprint density at radius 1 is 1.00 bits per heavy atom. The van der Waals surface area contributed by atoms with Gasteiger partial charge in [0.15, 0.2) is 0 Å². The van der Waals surface area contributed by atoms with Gasteiger partial charge in [0.25, 0.3) is 0 Å². The summed E-state index contributed by atoms with van der Waals surface area (Å²) >= 11 is 5.90. The van der Waals surface area contributed by atoms with Gasteiger partial charge >= 0.3 is 0 Å². The largest absolute Gasteiger partial charge is 0.388 e. The number of halogens is 1. The summed E-state index contributed by atoms with van der Waals surface area (Å²) in [5.74, 6) is 0. The summed E-state index contributed by atoms with van der Waals surface area (Å²) in [6, 6.07) is 14.4. The molecule has 0 aliphatic heterocycles. The molecule has 0 spiro atoms. The minimum absolute atomic E-state index is 0.774. The van der Waals surface area contributed by atoms with Crippen LogP contribution in [0.2, 0.25) is 5.02 Å². The molecule has 1 N–H and O–H groups in total. The van der Waals surface area contributed by atoms with E-state index in [2.05, 4.69) is 42.6 Å². The number of hydrogen-bond donors (Lipinski definition) is 1. The van der Waals surface area contributed by atoms with Crippen LogP contribution in [0.25, 0.3) is 11.1 Å². The van der Waals surface area contributed by atoms with Crippen LogP contribution in [-0.4, -0.2) is 7.05 Å². The van der Waals surface area contributed by atoms with Crippen molar-refractivity contribution in [3.8, 4) is 11.1 Å². The van der Waals surface area contributed by atoms with Crippen molar-refractivity contribution in [1.82, 2.24) is 0 Å². The maximum Gasteiger partial charge on any atom is 0.0406 e. The predicted octanol–water partition coefficient (Wildman–Crippen LogP) is 4.61. The minimum Gasteiger partial charge on any atom is -0.388 e. The van der Waals surface area contributed by atoms with Gasteiger partial charge in [-0.15, -0.1) is 0 Å². The lowest BCUT2D eigenvalue weighted by molar-refractivity contribution is 1.14. The Balaban J connectivity index is 2.42. The number of benzene rings is 2. The summed E-state index contributed by atoms with van der Waals surface area (Å²) in [5.41, 5.74) is 4.97. The fourth-order valence-corrected chi connectivity index (χ4v) is 2.08. The normalized spacial score (nSPS) is 10.3. The molecule has 0 saturated heterocycles. The van der Waals surface area contributed by atoms with Crippen molar-refractivity contribution < 1.29 is 0 Å². The average molecular weight is 246 g/mol. The van der Waals surface area contributed by atoms with Gasteiger partial charge in [-0.05, 0) is 47.4 Å². The second-order valence-electron chi connectivity index (χ2n) is 3.98. The topological polar surface area (TPSA) is 12.0 Å². The Kier molecular flexibility index (Phi) is 3.70. The molecule has 0 heterocycles. The van der Waals surface area contributed by atoms with E-state index < -0.39 is 0 Å². The molecule has 0 aliphatic rings. The molecule has 0 aromatic heterocycles. The fraction of sp³-hybridized carbons (Fsp3) is 0.200. The molecule has 2 aromatic carbocycles. The zero-order chi connectivity index (χ0) is 12.3. The third-order valence-electron chi connectivity index (χ3n) is 2.93. The highest BCUT2D eigenvalue weighted by Gasteiger charge is 2.03. The maximum absolute atomic E-state index is 5.90. The molecule has 0 radical (unpaired) electrons. The first-order valence-corrected chi connectivity index (χ1v) is 6.19. The van der Waals surface area contributed by atoms with E-state index in [4.69, 9.17) is 11.6 Å². The molecule has 2 rings (SSSR count). The summed E-state index contributed by atoms with van der Waals surface area (Å²) in [6.07, 6.45) is 1.03. The molecule has 17 heavy (non-hydrogen) atoms. The summed E-state index contributed by atoms with van der Waals surface area (Å²) < 4.78 is 0. The van der Waals surface area contributed by atoms with Gasteiger partial charge in [-0.3, -0.25) is 0 Å². The molecule has 0 atom stereocenters. The molecule has 0 saturated carbocycles. The first-order chi connectivity index (χ1) is 8.24. The SMILES string of the molecule is CCc1cc(-c2ccc(Cl)cc2)ccc1NC. The van der Waals surface area contributed by atoms with Crippen LogP contribution in [0.1, 0.15) is 12.5 Å². The van der Waals surface area contributed by atoms with Crippen LogP contribution in [0.4, 0.5) is 5.69 Å². The summed E-state index contributed by atoms with van der Waals surface area (Å²) in [5, 5.41) is 3.99. The van der Waals surface area contributed by atoms with E-state index in [-0.39, 0.29) is 0 Å². The standard InChI is InChI=1S/C15H16ClN/c1-3-11-10-13(6-9-15(11)17-2)12-4-7-14(16)8-5-12/h4-10,17H,3H2,1-2H3. The van der Waals surface area contributed by atoms with Gasteiger partial charge in [0.05, 0.1) is 0 Å². The van der Waals surface area contributed by atoms with E-state index >= 15 is 0 Å². The van der Waals surface area contributed by atoms with Crippen molar-refractivity contribution in [2.45, 2.75) is 13.3 Å². The smallest absolute Gasteiger partial charge is 0.0406 e. The van der Waals surface area contributed by atoms with E-state index in [9.17, 15) is 0 Å². The van der Waals surface area contributed by atoms with E-state index in [1.165, 1.54) is 22.4 Å². The summed E-state index contributed by atoms with van der Waals surface area (Å²) in [4.78, 5) is 0. The number of hydrogen-bond acceptors (Lipinski definition) is 1. The van der Waals surface area contributed by atoms with Gasteiger partial charge in [0.2, 0.25) is 0 Å². The van der Waals surface area contributed by atoms with E-state index in [0.717, 1.165) is 11.4 Å². The second kappa shape index (κ2) is 5.24. The lowest BCUT2D eigenvalue weighted by atomic mass is 10.0. The van der Waals surface area contributed by atoms with Crippen molar-refractivity contribution in [2.75, 3.05) is 12.4 Å². The Morgan fingerprint density at radius 2 is 1.65 bits per heavy atom. The number of anilines is 1. The molecular formula is C15H16ClN. The van der Waals surface area contributed by atoms with E-state index in [1.807, 2.05) is 19.2 Å². The van der Waals surface area contributed by atoms with Crippen molar-refractivity contribution in [1.29, 1.82) is 0 Å². The first kappa shape index (κ1) is 12.0. The van der Waals surface area contributed by atoms with Gasteiger partial charge in [0, 0.05) is 17.8 Å². The number of aryl methyl sites for hydroxylation is 1. The van der Waals surface area contributed by atoms with E-state index in [1.54, 1.807) is 0 Å². The summed E-state index contributed by atoms with van der Waals surface area (Å²) in [6.45, 7) is 2.17. The number of rotatable bonds is 3. The molecule has 0 bridgehead atoms. The van der Waals surface area contributed by atoms with Gasteiger partial charge < -0.3 is 5.32 Å². The third-order valence-corrected chi connectivity index (χ3v) is 3.19. The zero-order valence-electron chi connectivity index (χ0n) is 10.1. The second-order valence-corrected chi connectivity index (χ2v) is 4.42. The molecule has 2 aromatic rings. The highest BCUT2D eigenvalue weighted by atomic mass is 35.5. The Morgan fingerprint density at radius 3 is 2.24 bits per heavy atom. The Hall–Kier alpha value is -1.47. The monoisotopic (exact) mass is 245 g/mol. The molecule has 88 valence electrons. The van der Waals surface area contributed by atoms with Crippen LogP contribution < -0.4 is 5.32 Å². The molecule has 0 fully saturated rings. The van der Waals surface area contributed by atoms with Crippen LogP contribution in [0.5, 0.6) is 0 Å². The van der Waals surface area contributed by atoms with Gasteiger partial charge in [0.1, 0.15) is 0 Å². The maximum atomic E-state index is 5.90. The Bertz CT molecular complexity index is 503. The lowest BCUT2D eigenvalue weighted by Gasteiger charge is -2.10. The number of nitrogens with one attached hydrogen (secondary N) is 1. The van der Waals surface area contributed by atoms with Crippen molar-refractivity contribution in [3.63, 3.8) is 0 Å². The quantitative estimate of drug-likeness (QED) is 0.833. The lowest BCUT2D eigenvalue weighted by Crippen LogP contribution is -1.94. The summed E-state index contributed by atoms with van der Waals surface area (Å²) in [7, 11) is 1.95. The van der Waals surface area contributed by atoms with Crippen molar-refractivity contribution in [2.24, 2.45) is 0 Å². The van der Waals surface area contributed by atoms with E-state index in [0.29, 0.717) is 0 Å². The third kappa shape index (κ3) is 2.62. The van der Waals surface area contributed by atoms with Crippen molar-refractivity contribution >= 4 is 17.3 Å². The molecule has 2 heteroatoms. The molecular weight excluding hydrogens is 230 g/mol. The molecule has 0 aliphatic carbocycles. The predicted molar refractivity (Wildman–Crippen MR) is 75.8 cm³/mol. The zero-order valence-corrected chi connectivity index (χ0v) is 10.9. The van der Waals surface area contributed by atoms with Gasteiger partial charge in [-0.25, -0.2) is 0 Å². The van der Waals surface area contributed by atoms with Gasteiger partial charge in [-0.2, -0.15) is 0 Å². The highest BCUT2D eigenvalue weighted by Crippen LogP contribution is 2.26. The Labute approximate surface area is 107 Å². The fourth-order valence-electron chi connectivity index (χ4n) is 1.95. The molecule has 1 nitrogen and oxygen atoms in total. The van der Waals surface area contributed by atoms with Crippen LogP contribution in [-0.2, 0) is 6.42 Å². The van der Waals surface area contributed by atoms with Gasteiger partial charge in [-0.1, -0.05) is 36.7 Å².